The van der Waals surface area contributed by atoms with Crippen LogP contribution < -0.4 is 5.32 Å². The first-order valence-corrected chi connectivity index (χ1v) is 20.7. The van der Waals surface area contributed by atoms with Crippen LogP contribution in [0.4, 0.5) is 0 Å². The van der Waals surface area contributed by atoms with Gasteiger partial charge >= 0.3 is 0 Å². The van der Waals surface area contributed by atoms with Gasteiger partial charge in [0.05, 0.1) is 5.41 Å². The lowest BCUT2D eigenvalue weighted by molar-refractivity contribution is 0.729. The Morgan fingerprint density at radius 3 is 1.57 bits per heavy atom. The minimum absolute atomic E-state index is 0.404. The van der Waals surface area contributed by atoms with Crippen LogP contribution in [-0.2, 0) is 5.41 Å². The van der Waals surface area contributed by atoms with Gasteiger partial charge in [-0.3, -0.25) is 0 Å². The van der Waals surface area contributed by atoms with Crippen molar-refractivity contribution in [2.75, 3.05) is 0 Å². The first-order chi connectivity index (χ1) is 28.7. The smallest absolute Gasteiger partial charge is 0.169 e. The molecule has 12 rings (SSSR count). The van der Waals surface area contributed by atoms with E-state index < -0.39 is 11.6 Å². The van der Waals surface area contributed by atoms with Crippen molar-refractivity contribution in [2.24, 2.45) is 9.98 Å². The van der Waals surface area contributed by atoms with Gasteiger partial charge in [-0.1, -0.05) is 206 Å². The highest BCUT2D eigenvalue weighted by Crippen LogP contribution is 2.64. The van der Waals surface area contributed by atoms with E-state index in [2.05, 4.69) is 199 Å². The summed E-state index contributed by atoms with van der Waals surface area (Å²) in [5.41, 5.74) is 12.7. The Kier molecular flexibility index (Phi) is 7.44. The summed E-state index contributed by atoms with van der Waals surface area (Å²) in [7, 11) is 0. The molecule has 1 atom stereocenters. The first kappa shape index (κ1) is 33.2. The van der Waals surface area contributed by atoms with E-state index >= 15 is 0 Å². The molecule has 1 spiro atoms. The lowest BCUT2D eigenvalue weighted by atomic mass is 9.66. The third kappa shape index (κ3) is 4.95. The topological polar surface area (TPSA) is 36.8 Å². The minimum atomic E-state index is -0.504. The van der Waals surface area contributed by atoms with E-state index in [0.717, 1.165) is 28.4 Å². The molecule has 0 saturated heterocycles. The van der Waals surface area contributed by atoms with Gasteiger partial charge in [-0.15, -0.1) is 0 Å². The molecule has 0 amide bonds. The van der Waals surface area contributed by atoms with Crippen molar-refractivity contribution in [3.8, 4) is 22.3 Å². The molecule has 1 unspecified atom stereocenters. The van der Waals surface area contributed by atoms with Gasteiger partial charge in [-0.2, -0.15) is 0 Å². The van der Waals surface area contributed by atoms with Crippen molar-refractivity contribution in [3.63, 3.8) is 0 Å². The number of fused-ring (bicyclic) bond motifs is 13. The summed E-state index contributed by atoms with van der Waals surface area (Å²) in [6, 6.07) is 72.7. The maximum absolute atomic E-state index is 5.34. The Labute approximate surface area is 341 Å². The van der Waals surface area contributed by atoms with Gasteiger partial charge in [0.15, 0.2) is 6.17 Å². The summed E-state index contributed by atoms with van der Waals surface area (Å²) in [4.78, 5) is 13.2. The van der Waals surface area contributed by atoms with Crippen LogP contribution in [0.2, 0.25) is 0 Å². The number of nitrogens with one attached hydrogen (secondary N) is 1. The van der Waals surface area contributed by atoms with E-state index in [-0.39, 0.29) is 0 Å². The number of nitrogens with zero attached hydrogens (tertiary/aromatic N) is 2. The van der Waals surface area contributed by atoms with Gasteiger partial charge < -0.3 is 5.32 Å². The highest BCUT2D eigenvalue weighted by molar-refractivity contribution is 8.00. The Balaban J connectivity index is 1.05. The molecular formula is C54H35N3S. The van der Waals surface area contributed by atoms with E-state index in [9.17, 15) is 0 Å². The van der Waals surface area contributed by atoms with E-state index in [4.69, 9.17) is 9.98 Å². The van der Waals surface area contributed by atoms with Crippen LogP contribution in [0.1, 0.15) is 45.1 Å². The van der Waals surface area contributed by atoms with Crippen LogP contribution in [0.3, 0.4) is 0 Å². The second kappa shape index (κ2) is 13.0. The van der Waals surface area contributed by atoms with Crippen LogP contribution in [0.15, 0.2) is 220 Å². The lowest BCUT2D eigenvalue weighted by Gasteiger charge is -2.40. The fourth-order valence-electron chi connectivity index (χ4n) is 9.52. The second-order valence-electron chi connectivity index (χ2n) is 15.3. The molecule has 2 aliphatic heterocycles. The van der Waals surface area contributed by atoms with Crippen molar-refractivity contribution < 1.29 is 0 Å². The van der Waals surface area contributed by atoms with Crippen molar-refractivity contribution in [3.05, 3.63) is 239 Å². The number of hydrogen-bond donors (Lipinski definition) is 1. The highest BCUT2D eigenvalue weighted by atomic mass is 32.2. The van der Waals surface area contributed by atoms with Crippen molar-refractivity contribution in [2.45, 2.75) is 21.4 Å². The van der Waals surface area contributed by atoms with Crippen molar-refractivity contribution in [1.82, 2.24) is 5.32 Å². The molecule has 1 aliphatic carbocycles. The zero-order valence-electron chi connectivity index (χ0n) is 31.4. The fraction of sp³-hybridized carbons (Fsp3) is 0.0370. The van der Waals surface area contributed by atoms with Crippen LogP contribution >= 0.6 is 11.8 Å². The van der Waals surface area contributed by atoms with Gasteiger partial charge in [-0.25, -0.2) is 9.98 Å². The van der Waals surface area contributed by atoms with E-state index in [0.29, 0.717) is 0 Å². The SMILES string of the molecule is c1ccc(C2=NC(c3ccc(-c4ccccc4)cc3)N=C(c3ccc4c(c3)-c3ccccc3C43c4ccc5ccccc5c4Sc4c3ccc3ccccc43)N2)cc1. The van der Waals surface area contributed by atoms with E-state index in [1.807, 2.05) is 17.8 Å². The molecular weight excluding hydrogens is 723 g/mol. The van der Waals surface area contributed by atoms with Crippen LogP contribution in [0, 0.1) is 0 Å². The van der Waals surface area contributed by atoms with Gasteiger partial charge in [-0.05, 0) is 77.7 Å². The molecule has 1 N–H and O–H groups in total. The standard InChI is InChI=1S/C54H35N3S/c1-3-13-34(14-4-1)35-23-25-39(26-24-35)52-55-51(38-17-5-2-6-18-38)56-53(57-52)40-29-30-46-44(33-40)43-21-11-12-22-45(43)54(46)47-31-27-36-15-7-9-19-41(36)49(47)58-50-42-20-10-8-16-37(42)28-32-48(50)54/h1-33,52H,(H,55,56,57). The molecule has 9 aromatic carbocycles. The lowest BCUT2D eigenvalue weighted by Crippen LogP contribution is -2.36. The van der Waals surface area contributed by atoms with Crippen molar-refractivity contribution >= 4 is 45.0 Å². The Morgan fingerprint density at radius 2 is 0.897 bits per heavy atom. The zero-order valence-corrected chi connectivity index (χ0v) is 32.2. The molecule has 0 fully saturated rings. The third-order valence-electron chi connectivity index (χ3n) is 12.2. The first-order valence-electron chi connectivity index (χ1n) is 19.8. The molecule has 3 nitrogen and oxygen atoms in total. The summed E-state index contributed by atoms with van der Waals surface area (Å²) in [6.45, 7) is 0. The zero-order chi connectivity index (χ0) is 38.2. The Hall–Kier alpha value is -7.01. The van der Waals surface area contributed by atoms with Gasteiger partial charge in [0, 0.05) is 20.9 Å². The highest BCUT2D eigenvalue weighted by Gasteiger charge is 2.51. The normalized spacial score (nSPS) is 15.8. The fourth-order valence-corrected chi connectivity index (χ4v) is 11.0. The minimum Gasteiger partial charge on any atom is -0.324 e. The maximum atomic E-state index is 5.34. The quantitative estimate of drug-likeness (QED) is 0.194. The van der Waals surface area contributed by atoms with Crippen molar-refractivity contribution in [1.29, 1.82) is 0 Å². The van der Waals surface area contributed by atoms with Crippen LogP contribution in [-0.4, -0.2) is 11.7 Å². The van der Waals surface area contributed by atoms with Gasteiger partial charge in [0.25, 0.3) is 0 Å². The Morgan fingerprint density at radius 1 is 0.397 bits per heavy atom. The molecule has 3 aliphatic rings. The van der Waals surface area contributed by atoms with E-state index in [1.165, 1.54) is 75.8 Å². The molecule has 9 aromatic rings. The number of rotatable bonds is 4. The average Bonchev–Trinajstić information content (AvgIpc) is 3.59. The monoisotopic (exact) mass is 757 g/mol. The molecule has 0 saturated carbocycles. The molecule has 0 radical (unpaired) electrons. The number of hydrogen-bond acceptors (Lipinski definition) is 4. The summed E-state index contributed by atoms with van der Waals surface area (Å²) in [6.07, 6.45) is -0.404. The van der Waals surface area contributed by atoms with Crippen LogP contribution in [0.25, 0.3) is 43.8 Å². The molecule has 2 heterocycles. The van der Waals surface area contributed by atoms with Crippen LogP contribution in [0.5, 0.6) is 0 Å². The number of amidine groups is 2. The average molecular weight is 758 g/mol. The van der Waals surface area contributed by atoms with Gasteiger partial charge in [0.1, 0.15) is 11.7 Å². The van der Waals surface area contributed by atoms with E-state index in [1.54, 1.807) is 0 Å². The molecule has 0 aromatic heterocycles. The predicted molar refractivity (Wildman–Crippen MR) is 240 cm³/mol. The summed E-state index contributed by atoms with van der Waals surface area (Å²) < 4.78 is 0. The molecule has 4 heteroatoms. The summed E-state index contributed by atoms with van der Waals surface area (Å²) in [5, 5.41) is 8.78. The molecule has 272 valence electrons. The van der Waals surface area contributed by atoms with Gasteiger partial charge in [0.2, 0.25) is 0 Å². The largest absolute Gasteiger partial charge is 0.324 e. The Bertz CT molecular complexity index is 3080. The summed E-state index contributed by atoms with van der Waals surface area (Å²) in [5.74, 6) is 1.62. The maximum Gasteiger partial charge on any atom is 0.169 e. The number of aliphatic imine (C=N–C) groups is 2. The summed E-state index contributed by atoms with van der Waals surface area (Å²) >= 11 is 1.93. The second-order valence-corrected chi connectivity index (χ2v) is 16.3. The molecule has 58 heavy (non-hydrogen) atoms. The molecule has 0 bridgehead atoms. The number of benzene rings is 9. The third-order valence-corrected chi connectivity index (χ3v) is 13.5. The predicted octanol–water partition coefficient (Wildman–Crippen LogP) is 13.0.